The molecule has 0 spiro atoms. The molecule has 0 saturated heterocycles. The molecule has 2 aromatic rings. The summed E-state index contributed by atoms with van der Waals surface area (Å²) in [5, 5.41) is 4.97. The molecule has 1 aliphatic rings. The van der Waals surface area contributed by atoms with Gasteiger partial charge >= 0.3 is 0 Å². The van der Waals surface area contributed by atoms with Gasteiger partial charge in [-0.15, -0.1) is 11.3 Å². The molecule has 22 heavy (non-hydrogen) atoms. The summed E-state index contributed by atoms with van der Waals surface area (Å²) in [6, 6.07) is 1.83. The van der Waals surface area contributed by atoms with E-state index in [1.807, 2.05) is 30.4 Å². The lowest BCUT2D eigenvalue weighted by Crippen LogP contribution is -2.25. The van der Waals surface area contributed by atoms with E-state index in [-0.39, 0.29) is 5.91 Å². The van der Waals surface area contributed by atoms with Crippen LogP contribution in [0.25, 0.3) is 0 Å². The number of carbonyl (C=O) groups is 1. The zero-order chi connectivity index (χ0) is 15.5. The van der Waals surface area contributed by atoms with Gasteiger partial charge in [-0.25, -0.2) is 9.97 Å². The molecule has 0 unspecified atom stereocenters. The lowest BCUT2D eigenvalue weighted by Gasteiger charge is -2.13. The van der Waals surface area contributed by atoms with E-state index in [1.54, 1.807) is 17.5 Å². The van der Waals surface area contributed by atoms with Crippen molar-refractivity contribution in [3.05, 3.63) is 39.3 Å². The van der Waals surface area contributed by atoms with Crippen molar-refractivity contribution in [2.45, 2.75) is 32.2 Å². The van der Waals surface area contributed by atoms with Crippen LogP contribution in [0.3, 0.4) is 0 Å². The topological polar surface area (TPSA) is 58.1 Å². The average Bonchev–Trinajstić information content (AvgIpc) is 2.97. The number of aryl methyl sites for hydroxylation is 1. The molecule has 0 radical (unpaired) electrons. The molecule has 0 bridgehead atoms. The van der Waals surface area contributed by atoms with Gasteiger partial charge in [0.15, 0.2) is 0 Å². The maximum absolute atomic E-state index is 12.4. The van der Waals surface area contributed by atoms with E-state index in [0.29, 0.717) is 12.5 Å². The minimum atomic E-state index is 0.00409. The van der Waals surface area contributed by atoms with Crippen LogP contribution < -0.4 is 10.2 Å². The van der Waals surface area contributed by atoms with E-state index in [9.17, 15) is 4.79 Å². The summed E-state index contributed by atoms with van der Waals surface area (Å²) in [5.41, 5.74) is 2.92. The SMILES string of the molecule is CN(C)c1nccc(CNC(=O)c2csc3c2CCCC3)n1. The van der Waals surface area contributed by atoms with E-state index in [4.69, 9.17) is 0 Å². The lowest BCUT2D eigenvalue weighted by atomic mass is 9.96. The van der Waals surface area contributed by atoms with Crippen molar-refractivity contribution in [3.8, 4) is 0 Å². The fourth-order valence-corrected chi connectivity index (χ4v) is 3.77. The normalized spacial score (nSPS) is 13.5. The second kappa shape index (κ2) is 6.44. The van der Waals surface area contributed by atoms with Crippen LogP contribution in [0.4, 0.5) is 5.95 Å². The fourth-order valence-electron chi connectivity index (χ4n) is 2.65. The van der Waals surface area contributed by atoms with Gasteiger partial charge in [-0.2, -0.15) is 0 Å². The van der Waals surface area contributed by atoms with Crippen LogP contribution in [0.1, 0.15) is 39.3 Å². The largest absolute Gasteiger partial charge is 0.347 e. The Hall–Kier alpha value is -1.95. The van der Waals surface area contributed by atoms with Crippen LogP contribution in [0.15, 0.2) is 17.6 Å². The van der Waals surface area contributed by atoms with E-state index in [0.717, 1.165) is 24.1 Å². The Morgan fingerprint density at radius 3 is 3.00 bits per heavy atom. The van der Waals surface area contributed by atoms with Crippen LogP contribution in [-0.2, 0) is 19.4 Å². The van der Waals surface area contributed by atoms with Crippen molar-refractivity contribution < 1.29 is 4.79 Å². The zero-order valence-corrected chi connectivity index (χ0v) is 13.7. The Labute approximate surface area is 134 Å². The van der Waals surface area contributed by atoms with E-state index >= 15 is 0 Å². The van der Waals surface area contributed by atoms with Gasteiger partial charge in [0, 0.05) is 30.5 Å². The molecule has 0 atom stereocenters. The van der Waals surface area contributed by atoms with Gasteiger partial charge in [0.1, 0.15) is 0 Å². The summed E-state index contributed by atoms with van der Waals surface area (Å²) in [7, 11) is 3.80. The van der Waals surface area contributed by atoms with Crippen molar-refractivity contribution in [2.75, 3.05) is 19.0 Å². The van der Waals surface area contributed by atoms with Crippen molar-refractivity contribution in [1.82, 2.24) is 15.3 Å². The number of nitrogens with one attached hydrogen (secondary N) is 1. The number of anilines is 1. The van der Waals surface area contributed by atoms with Gasteiger partial charge in [-0.3, -0.25) is 4.79 Å². The number of carbonyl (C=O) groups excluding carboxylic acids is 1. The molecule has 0 aliphatic heterocycles. The molecule has 1 aliphatic carbocycles. The van der Waals surface area contributed by atoms with Crippen LogP contribution in [0.5, 0.6) is 0 Å². The number of thiophene rings is 1. The predicted molar refractivity (Wildman–Crippen MR) is 88.5 cm³/mol. The number of aromatic nitrogens is 2. The highest BCUT2D eigenvalue weighted by Gasteiger charge is 2.19. The third-order valence-electron chi connectivity index (χ3n) is 3.84. The fraction of sp³-hybridized carbons (Fsp3) is 0.438. The van der Waals surface area contributed by atoms with Gasteiger partial charge in [0.2, 0.25) is 5.95 Å². The second-order valence-electron chi connectivity index (χ2n) is 5.68. The molecular weight excluding hydrogens is 296 g/mol. The minimum absolute atomic E-state index is 0.00409. The van der Waals surface area contributed by atoms with Gasteiger partial charge in [-0.05, 0) is 37.3 Å². The highest BCUT2D eigenvalue weighted by molar-refractivity contribution is 7.10. The van der Waals surface area contributed by atoms with Gasteiger partial charge in [0.05, 0.1) is 17.8 Å². The first kappa shape index (κ1) is 15.0. The van der Waals surface area contributed by atoms with Gasteiger partial charge in [0.25, 0.3) is 5.91 Å². The Bertz CT molecular complexity index is 681. The molecule has 6 heteroatoms. The van der Waals surface area contributed by atoms with Crippen molar-refractivity contribution in [3.63, 3.8) is 0 Å². The molecule has 1 N–H and O–H groups in total. The maximum atomic E-state index is 12.4. The van der Waals surface area contributed by atoms with Gasteiger partial charge in [-0.1, -0.05) is 0 Å². The summed E-state index contributed by atoms with van der Waals surface area (Å²) in [4.78, 5) is 24.2. The summed E-state index contributed by atoms with van der Waals surface area (Å²) >= 11 is 1.72. The molecule has 0 aromatic carbocycles. The lowest BCUT2D eigenvalue weighted by molar-refractivity contribution is 0.0949. The summed E-state index contributed by atoms with van der Waals surface area (Å²) in [6.45, 7) is 0.423. The first-order valence-electron chi connectivity index (χ1n) is 7.52. The highest BCUT2D eigenvalue weighted by Crippen LogP contribution is 2.30. The van der Waals surface area contributed by atoms with Crippen molar-refractivity contribution >= 4 is 23.2 Å². The van der Waals surface area contributed by atoms with E-state index < -0.39 is 0 Å². The third kappa shape index (κ3) is 3.11. The average molecular weight is 316 g/mol. The van der Waals surface area contributed by atoms with Crippen LogP contribution in [0.2, 0.25) is 0 Å². The summed E-state index contributed by atoms with van der Waals surface area (Å²) in [5.74, 6) is 0.657. The Morgan fingerprint density at radius 1 is 1.36 bits per heavy atom. The Balaban J connectivity index is 1.68. The zero-order valence-electron chi connectivity index (χ0n) is 12.9. The summed E-state index contributed by atoms with van der Waals surface area (Å²) < 4.78 is 0. The number of fused-ring (bicyclic) bond motifs is 1. The molecule has 0 saturated carbocycles. The monoisotopic (exact) mass is 316 g/mol. The predicted octanol–water partition coefficient (Wildman–Crippen LogP) is 2.41. The first-order chi connectivity index (χ1) is 10.6. The molecular formula is C16H20N4OS. The standard InChI is InChI=1S/C16H20N4OS/c1-20(2)16-17-8-7-11(19-16)9-18-15(21)13-10-22-14-6-4-3-5-12(13)14/h7-8,10H,3-6,9H2,1-2H3,(H,18,21). The minimum Gasteiger partial charge on any atom is -0.347 e. The molecule has 3 rings (SSSR count). The quantitative estimate of drug-likeness (QED) is 0.941. The van der Waals surface area contributed by atoms with Crippen molar-refractivity contribution in [2.24, 2.45) is 0 Å². The van der Waals surface area contributed by atoms with E-state index in [2.05, 4.69) is 15.3 Å². The third-order valence-corrected chi connectivity index (χ3v) is 4.93. The van der Waals surface area contributed by atoms with Crippen LogP contribution >= 0.6 is 11.3 Å². The number of nitrogens with zero attached hydrogens (tertiary/aromatic N) is 3. The molecule has 116 valence electrons. The van der Waals surface area contributed by atoms with Gasteiger partial charge < -0.3 is 10.2 Å². The smallest absolute Gasteiger partial charge is 0.252 e. The first-order valence-corrected chi connectivity index (χ1v) is 8.40. The maximum Gasteiger partial charge on any atom is 0.252 e. The number of hydrogen-bond donors (Lipinski definition) is 1. The number of rotatable bonds is 4. The Morgan fingerprint density at radius 2 is 2.18 bits per heavy atom. The van der Waals surface area contributed by atoms with E-state index in [1.165, 1.54) is 23.3 Å². The number of hydrogen-bond acceptors (Lipinski definition) is 5. The molecule has 5 nitrogen and oxygen atoms in total. The molecule has 2 aromatic heterocycles. The second-order valence-corrected chi connectivity index (χ2v) is 6.65. The molecule has 1 amide bonds. The summed E-state index contributed by atoms with van der Waals surface area (Å²) in [6.07, 6.45) is 6.28. The molecule has 0 fully saturated rings. The highest BCUT2D eigenvalue weighted by atomic mass is 32.1. The van der Waals surface area contributed by atoms with Crippen LogP contribution in [-0.4, -0.2) is 30.0 Å². The van der Waals surface area contributed by atoms with Crippen molar-refractivity contribution in [1.29, 1.82) is 0 Å². The van der Waals surface area contributed by atoms with Crippen LogP contribution in [0, 0.1) is 0 Å². The number of amides is 1. The Kier molecular flexibility index (Phi) is 4.38. The molecule has 2 heterocycles.